The van der Waals surface area contributed by atoms with Crippen molar-refractivity contribution in [3.8, 4) is 17.1 Å². The molecule has 0 aliphatic heterocycles. The van der Waals surface area contributed by atoms with Gasteiger partial charge in [0, 0.05) is 6.54 Å². The molecule has 1 aromatic carbocycles. The Hall–Kier alpha value is -2.76. The molecule has 3 aromatic rings. The first-order chi connectivity index (χ1) is 10.4. The first-order valence-electron chi connectivity index (χ1n) is 6.92. The van der Waals surface area contributed by atoms with Crippen LogP contribution in [0.15, 0.2) is 48.7 Å². The van der Waals surface area contributed by atoms with Gasteiger partial charge >= 0.3 is 0 Å². The van der Waals surface area contributed by atoms with E-state index < -0.39 is 0 Å². The van der Waals surface area contributed by atoms with Crippen molar-refractivity contribution in [2.75, 3.05) is 11.9 Å². The summed E-state index contributed by atoms with van der Waals surface area (Å²) in [6, 6.07) is 13.7. The summed E-state index contributed by atoms with van der Waals surface area (Å²) in [6.07, 6.45) is 2.74. The van der Waals surface area contributed by atoms with E-state index in [1.54, 1.807) is 10.9 Å². The standard InChI is InChI=1S/C15H16N6/c1-2-10-16-15-9-8-13(18-19-15)14-11-17-20-21(14)12-6-4-3-5-7-12/h3-9,11H,2,10H2,1H3,(H,16,19). The highest BCUT2D eigenvalue weighted by atomic mass is 15.4. The molecule has 0 aliphatic carbocycles. The maximum atomic E-state index is 4.25. The smallest absolute Gasteiger partial charge is 0.148 e. The van der Waals surface area contributed by atoms with Crippen molar-refractivity contribution in [1.29, 1.82) is 0 Å². The van der Waals surface area contributed by atoms with Crippen LogP contribution < -0.4 is 5.32 Å². The summed E-state index contributed by atoms with van der Waals surface area (Å²) in [6.45, 7) is 3.00. The molecule has 3 rings (SSSR count). The van der Waals surface area contributed by atoms with E-state index in [1.807, 2.05) is 42.5 Å². The van der Waals surface area contributed by atoms with Crippen molar-refractivity contribution in [1.82, 2.24) is 25.2 Å². The molecule has 6 nitrogen and oxygen atoms in total. The van der Waals surface area contributed by atoms with Crippen molar-refractivity contribution in [3.63, 3.8) is 0 Å². The first-order valence-corrected chi connectivity index (χ1v) is 6.92. The number of anilines is 1. The summed E-state index contributed by atoms with van der Waals surface area (Å²) < 4.78 is 1.75. The third kappa shape index (κ3) is 2.89. The predicted octanol–water partition coefficient (Wildman–Crippen LogP) is 2.55. The minimum atomic E-state index is 0.742. The van der Waals surface area contributed by atoms with Crippen LogP contribution in [0.2, 0.25) is 0 Å². The quantitative estimate of drug-likeness (QED) is 0.778. The van der Waals surface area contributed by atoms with E-state index in [9.17, 15) is 0 Å². The van der Waals surface area contributed by atoms with Gasteiger partial charge in [0.15, 0.2) is 0 Å². The summed E-state index contributed by atoms with van der Waals surface area (Å²) in [5, 5.41) is 19.7. The van der Waals surface area contributed by atoms with Crippen LogP contribution in [0.3, 0.4) is 0 Å². The molecule has 0 bridgehead atoms. The van der Waals surface area contributed by atoms with Crippen molar-refractivity contribution in [2.45, 2.75) is 13.3 Å². The van der Waals surface area contributed by atoms with E-state index in [0.29, 0.717) is 0 Å². The average Bonchev–Trinajstić information content (AvgIpc) is 3.04. The average molecular weight is 280 g/mol. The van der Waals surface area contributed by atoms with Gasteiger partial charge in [-0.2, -0.15) is 0 Å². The Morgan fingerprint density at radius 3 is 2.62 bits per heavy atom. The zero-order valence-electron chi connectivity index (χ0n) is 11.8. The van der Waals surface area contributed by atoms with Gasteiger partial charge in [0.2, 0.25) is 0 Å². The molecule has 106 valence electrons. The van der Waals surface area contributed by atoms with Gasteiger partial charge in [0.25, 0.3) is 0 Å². The van der Waals surface area contributed by atoms with Crippen LogP contribution >= 0.6 is 0 Å². The Balaban J connectivity index is 1.90. The fraction of sp³-hybridized carbons (Fsp3) is 0.200. The van der Waals surface area contributed by atoms with Gasteiger partial charge in [-0.05, 0) is 30.7 Å². The van der Waals surface area contributed by atoms with E-state index in [-0.39, 0.29) is 0 Å². The summed E-state index contributed by atoms with van der Waals surface area (Å²) >= 11 is 0. The lowest BCUT2D eigenvalue weighted by Gasteiger charge is -2.06. The first kappa shape index (κ1) is 13.2. The van der Waals surface area contributed by atoms with E-state index in [2.05, 4.69) is 32.7 Å². The maximum absolute atomic E-state index is 4.25. The van der Waals surface area contributed by atoms with Gasteiger partial charge in [-0.3, -0.25) is 0 Å². The molecule has 2 heterocycles. The van der Waals surface area contributed by atoms with E-state index in [4.69, 9.17) is 0 Å². The fourth-order valence-corrected chi connectivity index (χ4v) is 1.99. The summed E-state index contributed by atoms with van der Waals surface area (Å²) in [7, 11) is 0. The number of nitrogens with zero attached hydrogens (tertiary/aromatic N) is 5. The molecule has 2 aromatic heterocycles. The molecule has 0 atom stereocenters. The molecule has 0 spiro atoms. The summed E-state index contributed by atoms with van der Waals surface area (Å²) in [5.74, 6) is 0.777. The maximum Gasteiger partial charge on any atom is 0.148 e. The van der Waals surface area contributed by atoms with E-state index in [0.717, 1.165) is 35.9 Å². The Morgan fingerprint density at radius 1 is 1.05 bits per heavy atom. The van der Waals surface area contributed by atoms with Crippen molar-refractivity contribution in [2.24, 2.45) is 0 Å². The Bertz CT molecular complexity index is 690. The van der Waals surface area contributed by atoms with Crippen molar-refractivity contribution < 1.29 is 0 Å². The van der Waals surface area contributed by atoms with Crippen molar-refractivity contribution >= 4 is 5.82 Å². The number of benzene rings is 1. The molecule has 0 radical (unpaired) electrons. The highest BCUT2D eigenvalue weighted by Gasteiger charge is 2.10. The molecule has 0 unspecified atom stereocenters. The van der Waals surface area contributed by atoms with Crippen LogP contribution in [0.1, 0.15) is 13.3 Å². The topological polar surface area (TPSA) is 68.5 Å². The zero-order chi connectivity index (χ0) is 14.5. The Labute approximate surface area is 122 Å². The van der Waals surface area contributed by atoms with Gasteiger partial charge < -0.3 is 5.32 Å². The fourth-order valence-electron chi connectivity index (χ4n) is 1.99. The van der Waals surface area contributed by atoms with Gasteiger partial charge in [-0.1, -0.05) is 30.3 Å². The highest BCUT2D eigenvalue weighted by Crippen LogP contribution is 2.19. The SMILES string of the molecule is CCCNc1ccc(-c2cnnn2-c2ccccc2)nn1. The van der Waals surface area contributed by atoms with Crippen LogP contribution in [0.5, 0.6) is 0 Å². The van der Waals surface area contributed by atoms with Crippen LogP contribution in [0.25, 0.3) is 17.1 Å². The molecule has 0 saturated carbocycles. The van der Waals surface area contributed by atoms with Crippen molar-refractivity contribution in [3.05, 3.63) is 48.7 Å². The van der Waals surface area contributed by atoms with Crippen LogP contribution in [-0.4, -0.2) is 31.7 Å². The third-order valence-electron chi connectivity index (χ3n) is 3.03. The van der Waals surface area contributed by atoms with Gasteiger partial charge in [0.1, 0.15) is 17.2 Å². The molecule has 1 N–H and O–H groups in total. The lowest BCUT2D eigenvalue weighted by molar-refractivity contribution is 0.804. The van der Waals surface area contributed by atoms with Crippen LogP contribution in [0, 0.1) is 0 Å². The van der Waals surface area contributed by atoms with E-state index in [1.165, 1.54) is 0 Å². The number of hydrogen-bond donors (Lipinski definition) is 1. The Morgan fingerprint density at radius 2 is 1.90 bits per heavy atom. The second-order valence-corrected chi connectivity index (χ2v) is 4.60. The normalized spacial score (nSPS) is 10.5. The number of rotatable bonds is 5. The molecule has 6 heteroatoms. The van der Waals surface area contributed by atoms with Gasteiger partial charge in [-0.15, -0.1) is 15.3 Å². The zero-order valence-corrected chi connectivity index (χ0v) is 11.8. The van der Waals surface area contributed by atoms with Crippen LogP contribution in [-0.2, 0) is 0 Å². The molecule has 0 amide bonds. The minimum Gasteiger partial charge on any atom is -0.369 e. The summed E-state index contributed by atoms with van der Waals surface area (Å²) in [5.41, 5.74) is 2.50. The highest BCUT2D eigenvalue weighted by molar-refractivity contribution is 5.57. The molecular formula is C15H16N6. The number of para-hydroxylation sites is 1. The lowest BCUT2D eigenvalue weighted by Crippen LogP contribution is -2.04. The minimum absolute atomic E-state index is 0.742. The second-order valence-electron chi connectivity index (χ2n) is 4.60. The monoisotopic (exact) mass is 280 g/mol. The molecule has 0 fully saturated rings. The molecule has 0 saturated heterocycles. The number of aromatic nitrogens is 5. The largest absolute Gasteiger partial charge is 0.369 e. The second kappa shape index (κ2) is 6.13. The van der Waals surface area contributed by atoms with Gasteiger partial charge in [0.05, 0.1) is 11.9 Å². The molecular weight excluding hydrogens is 264 g/mol. The Kier molecular flexibility index (Phi) is 3.86. The third-order valence-corrected chi connectivity index (χ3v) is 3.03. The molecule has 21 heavy (non-hydrogen) atoms. The van der Waals surface area contributed by atoms with Crippen LogP contribution in [0.4, 0.5) is 5.82 Å². The molecule has 0 aliphatic rings. The number of nitrogens with one attached hydrogen (secondary N) is 1. The lowest BCUT2D eigenvalue weighted by atomic mass is 10.2. The number of hydrogen-bond acceptors (Lipinski definition) is 5. The van der Waals surface area contributed by atoms with Gasteiger partial charge in [-0.25, -0.2) is 4.68 Å². The predicted molar refractivity (Wildman–Crippen MR) is 81.2 cm³/mol. The van der Waals surface area contributed by atoms with E-state index >= 15 is 0 Å². The summed E-state index contributed by atoms with van der Waals surface area (Å²) in [4.78, 5) is 0.